The van der Waals surface area contributed by atoms with Crippen molar-refractivity contribution in [1.29, 1.82) is 0 Å². The number of nitrogens with zero attached hydrogens (tertiary/aromatic N) is 2. The number of rotatable bonds is 8. The first-order valence-electron chi connectivity index (χ1n) is 8.34. The van der Waals surface area contributed by atoms with Crippen molar-refractivity contribution in [2.24, 2.45) is 21.6 Å². The lowest BCUT2D eigenvalue weighted by Gasteiger charge is -2.10. The molecular weight excluding hydrogens is 336 g/mol. The molecule has 0 heterocycles. The predicted octanol–water partition coefficient (Wildman–Crippen LogP) is 2.72. The molecule has 0 aromatic heterocycles. The van der Waals surface area contributed by atoms with E-state index in [1.54, 1.807) is 31.2 Å². The number of Topliss-reactive ketones (excluding diaryl/α,β-unsaturated/α-hetero) is 1. The van der Waals surface area contributed by atoms with E-state index in [-0.39, 0.29) is 23.5 Å². The largest absolute Gasteiger partial charge is 0.464 e. The van der Waals surface area contributed by atoms with Crippen LogP contribution in [-0.4, -0.2) is 37.4 Å². The molecule has 7 heteroatoms. The van der Waals surface area contributed by atoms with Gasteiger partial charge in [0.25, 0.3) is 0 Å². The average Bonchev–Trinajstić information content (AvgIpc) is 3.26. The molecule has 0 radical (unpaired) electrons. The monoisotopic (exact) mass is 360 g/mol. The fourth-order valence-electron chi connectivity index (χ4n) is 2.81. The molecule has 1 aliphatic carbocycles. The summed E-state index contributed by atoms with van der Waals surface area (Å²) in [6.45, 7) is 5.72. The van der Waals surface area contributed by atoms with Crippen molar-refractivity contribution in [3.05, 3.63) is 35.4 Å². The Kier molecular flexibility index (Phi) is 6.13. The van der Waals surface area contributed by atoms with Gasteiger partial charge in [-0.05, 0) is 19.3 Å². The number of methoxy groups -OCH3 is 1. The van der Waals surface area contributed by atoms with E-state index in [2.05, 4.69) is 10.3 Å². The van der Waals surface area contributed by atoms with Crippen molar-refractivity contribution in [2.75, 3.05) is 14.2 Å². The van der Waals surface area contributed by atoms with E-state index < -0.39 is 5.97 Å². The highest BCUT2D eigenvalue weighted by Gasteiger charge is 2.53. The number of carbonyl (C=O) groups is 2. The Hall–Kier alpha value is -2.70. The summed E-state index contributed by atoms with van der Waals surface area (Å²) in [5, 5.41) is 7.69. The summed E-state index contributed by atoms with van der Waals surface area (Å²) < 4.78 is 4.74. The first-order valence-corrected chi connectivity index (χ1v) is 8.34. The first-order chi connectivity index (χ1) is 12.3. The van der Waals surface area contributed by atoms with Gasteiger partial charge >= 0.3 is 5.97 Å². The fraction of sp³-hybridized carbons (Fsp3) is 0.474. The molecule has 1 aromatic rings. The highest BCUT2D eigenvalue weighted by molar-refractivity contribution is 6.43. The second-order valence-corrected chi connectivity index (χ2v) is 6.57. The Morgan fingerprint density at radius 2 is 1.88 bits per heavy atom. The van der Waals surface area contributed by atoms with Gasteiger partial charge in [-0.15, -0.1) is 0 Å². The molecule has 0 bridgehead atoms. The minimum atomic E-state index is -0.621. The SMILES string of the molecule is CO/N=C(\C(=O)OC)c1ccccc1CO/N=C(/C)C(=O)C1(C)CC1C. The highest BCUT2D eigenvalue weighted by Crippen LogP contribution is 2.52. The van der Waals surface area contributed by atoms with E-state index in [1.807, 2.05) is 13.8 Å². The summed E-state index contributed by atoms with van der Waals surface area (Å²) in [4.78, 5) is 34.4. The van der Waals surface area contributed by atoms with E-state index in [9.17, 15) is 9.59 Å². The standard InChI is InChI=1S/C19H24N2O5/c1-12-10-19(12,3)17(22)13(2)20-26-11-14-8-6-7-9-15(14)16(21-25-5)18(23)24-4/h6-9,12H,10-11H2,1-5H3/b20-13-,21-16-. The molecule has 7 nitrogen and oxygen atoms in total. The van der Waals surface area contributed by atoms with Gasteiger partial charge in [0.1, 0.15) is 19.4 Å². The number of oxime groups is 2. The van der Waals surface area contributed by atoms with E-state index in [0.29, 0.717) is 22.8 Å². The van der Waals surface area contributed by atoms with Crippen LogP contribution in [0.2, 0.25) is 0 Å². The van der Waals surface area contributed by atoms with Crippen LogP contribution in [0, 0.1) is 11.3 Å². The number of ketones is 1. The zero-order valence-electron chi connectivity index (χ0n) is 15.7. The van der Waals surface area contributed by atoms with Gasteiger partial charge in [0.2, 0.25) is 0 Å². The maximum atomic E-state index is 12.4. The van der Waals surface area contributed by atoms with Crippen LogP contribution in [0.1, 0.15) is 38.3 Å². The van der Waals surface area contributed by atoms with E-state index >= 15 is 0 Å². The summed E-state index contributed by atoms with van der Waals surface area (Å²) in [6, 6.07) is 7.06. The van der Waals surface area contributed by atoms with Crippen molar-refractivity contribution in [3.8, 4) is 0 Å². The van der Waals surface area contributed by atoms with Gasteiger partial charge in [-0.25, -0.2) is 4.79 Å². The summed E-state index contributed by atoms with van der Waals surface area (Å²) in [5.41, 5.74) is 1.24. The first kappa shape index (κ1) is 19.6. The summed E-state index contributed by atoms with van der Waals surface area (Å²) in [7, 11) is 2.62. The van der Waals surface area contributed by atoms with Gasteiger partial charge in [0.05, 0.1) is 7.11 Å². The van der Waals surface area contributed by atoms with Crippen LogP contribution in [0.5, 0.6) is 0 Å². The Bertz CT molecular complexity index is 756. The van der Waals surface area contributed by atoms with Crippen molar-refractivity contribution >= 4 is 23.2 Å². The second kappa shape index (κ2) is 8.12. The molecule has 1 aliphatic rings. The van der Waals surface area contributed by atoms with Gasteiger partial charge in [-0.2, -0.15) is 0 Å². The van der Waals surface area contributed by atoms with Crippen molar-refractivity contribution < 1.29 is 24.0 Å². The summed E-state index contributed by atoms with van der Waals surface area (Å²) in [5.74, 6) is -0.243. The van der Waals surface area contributed by atoms with Crippen LogP contribution in [0.15, 0.2) is 34.6 Å². The average molecular weight is 360 g/mol. The third-order valence-electron chi connectivity index (χ3n) is 4.76. The Morgan fingerprint density at radius 1 is 1.23 bits per heavy atom. The van der Waals surface area contributed by atoms with Gasteiger partial charge < -0.3 is 14.4 Å². The van der Waals surface area contributed by atoms with Gasteiger partial charge in [-0.3, -0.25) is 4.79 Å². The van der Waals surface area contributed by atoms with Crippen LogP contribution in [0.3, 0.4) is 0 Å². The molecule has 0 saturated heterocycles. The lowest BCUT2D eigenvalue weighted by atomic mass is 9.98. The zero-order chi connectivity index (χ0) is 19.3. The molecular formula is C19H24N2O5. The number of hydrogen-bond acceptors (Lipinski definition) is 7. The smallest absolute Gasteiger partial charge is 0.360 e. The number of esters is 1. The topological polar surface area (TPSA) is 86.6 Å². The Morgan fingerprint density at radius 3 is 2.46 bits per heavy atom. The van der Waals surface area contributed by atoms with Crippen LogP contribution in [0.25, 0.3) is 0 Å². The molecule has 0 spiro atoms. The summed E-state index contributed by atoms with van der Waals surface area (Å²) >= 11 is 0. The second-order valence-electron chi connectivity index (χ2n) is 6.57. The molecule has 1 fully saturated rings. The molecule has 0 amide bonds. The van der Waals surface area contributed by atoms with E-state index in [4.69, 9.17) is 14.4 Å². The normalized spacial score (nSPS) is 22.6. The third-order valence-corrected chi connectivity index (χ3v) is 4.76. The van der Waals surface area contributed by atoms with Crippen LogP contribution in [0.4, 0.5) is 0 Å². The highest BCUT2D eigenvalue weighted by atomic mass is 16.6. The van der Waals surface area contributed by atoms with Crippen molar-refractivity contribution in [2.45, 2.75) is 33.8 Å². The maximum absolute atomic E-state index is 12.4. The number of hydrogen-bond donors (Lipinski definition) is 0. The molecule has 0 aliphatic heterocycles. The lowest BCUT2D eigenvalue weighted by Crippen LogP contribution is -2.22. The van der Waals surface area contributed by atoms with Gasteiger partial charge in [-0.1, -0.05) is 48.4 Å². The van der Waals surface area contributed by atoms with Crippen LogP contribution >= 0.6 is 0 Å². The minimum absolute atomic E-state index is 0.00878. The molecule has 2 unspecified atom stereocenters. The molecule has 1 aromatic carbocycles. The Labute approximate surface area is 153 Å². The molecule has 2 atom stereocenters. The Balaban J connectivity index is 2.13. The van der Waals surface area contributed by atoms with Crippen molar-refractivity contribution in [1.82, 2.24) is 0 Å². The van der Waals surface area contributed by atoms with E-state index in [0.717, 1.165) is 6.42 Å². The molecule has 1 saturated carbocycles. The quantitative estimate of drug-likeness (QED) is 0.404. The van der Waals surface area contributed by atoms with E-state index in [1.165, 1.54) is 14.2 Å². The molecule has 0 N–H and O–H groups in total. The fourth-order valence-corrected chi connectivity index (χ4v) is 2.81. The van der Waals surface area contributed by atoms with Gasteiger partial charge in [0.15, 0.2) is 11.5 Å². The third kappa shape index (κ3) is 4.09. The van der Waals surface area contributed by atoms with Crippen molar-refractivity contribution in [3.63, 3.8) is 0 Å². The molecule has 26 heavy (non-hydrogen) atoms. The number of ether oxygens (including phenoxy) is 1. The summed E-state index contributed by atoms with van der Waals surface area (Å²) in [6.07, 6.45) is 0.873. The van der Waals surface area contributed by atoms with Crippen LogP contribution in [-0.2, 0) is 30.6 Å². The number of benzene rings is 1. The number of carbonyl (C=O) groups excluding carboxylic acids is 2. The molecule has 140 valence electrons. The van der Waals surface area contributed by atoms with Crippen LogP contribution < -0.4 is 0 Å². The predicted molar refractivity (Wildman–Crippen MR) is 96.8 cm³/mol. The minimum Gasteiger partial charge on any atom is -0.464 e. The molecule has 2 rings (SSSR count). The maximum Gasteiger partial charge on any atom is 0.360 e. The zero-order valence-corrected chi connectivity index (χ0v) is 15.7. The van der Waals surface area contributed by atoms with Gasteiger partial charge in [0, 0.05) is 16.5 Å². The lowest BCUT2D eigenvalue weighted by molar-refractivity contribution is -0.132.